The normalized spacial score (nSPS) is 11.4. The molecule has 0 saturated carbocycles. The fraction of sp³-hybridized carbons (Fsp3) is 0.412. The van der Waals surface area contributed by atoms with Gasteiger partial charge in [-0.25, -0.2) is 4.98 Å². The lowest BCUT2D eigenvalue weighted by Gasteiger charge is -2.19. The second kappa shape index (κ2) is 6.57. The molecular weight excluding hydrogens is 264 g/mol. The molecule has 1 heterocycles. The van der Waals surface area contributed by atoms with E-state index in [0.29, 0.717) is 6.42 Å². The summed E-state index contributed by atoms with van der Waals surface area (Å²) in [4.78, 5) is 15.9. The highest BCUT2D eigenvalue weighted by Gasteiger charge is 2.15. The van der Waals surface area contributed by atoms with E-state index < -0.39 is 5.60 Å². The van der Waals surface area contributed by atoms with Gasteiger partial charge in [-0.15, -0.1) is 0 Å². The lowest BCUT2D eigenvalue weighted by Crippen LogP contribution is -2.23. The summed E-state index contributed by atoms with van der Waals surface area (Å²) in [7, 11) is 0. The molecule has 0 atom stereocenters. The van der Waals surface area contributed by atoms with E-state index in [4.69, 9.17) is 4.74 Å². The van der Waals surface area contributed by atoms with Gasteiger partial charge in [0.2, 0.25) is 0 Å². The van der Waals surface area contributed by atoms with E-state index in [-0.39, 0.29) is 5.97 Å². The largest absolute Gasteiger partial charge is 0.460 e. The first-order valence-electron chi connectivity index (χ1n) is 7.23. The molecule has 21 heavy (non-hydrogen) atoms. The molecule has 0 amide bonds. The van der Waals surface area contributed by atoms with Crippen molar-refractivity contribution in [2.75, 3.05) is 0 Å². The van der Waals surface area contributed by atoms with Crippen LogP contribution in [0.25, 0.3) is 11.3 Å². The summed E-state index contributed by atoms with van der Waals surface area (Å²) in [5.74, 6) is -0.149. The quantitative estimate of drug-likeness (QED) is 0.788. The summed E-state index contributed by atoms with van der Waals surface area (Å²) in [6.07, 6.45) is 4.81. The Hall–Kier alpha value is -2.10. The van der Waals surface area contributed by atoms with Gasteiger partial charge in [0.15, 0.2) is 0 Å². The summed E-state index contributed by atoms with van der Waals surface area (Å²) >= 11 is 0. The molecular formula is C17H22N2O2. The highest BCUT2D eigenvalue weighted by atomic mass is 16.6. The predicted molar refractivity (Wildman–Crippen MR) is 82.7 cm³/mol. The van der Waals surface area contributed by atoms with Gasteiger partial charge in [0.25, 0.3) is 0 Å². The summed E-state index contributed by atoms with van der Waals surface area (Å²) in [6.45, 7) is 6.40. The van der Waals surface area contributed by atoms with Crippen LogP contribution in [0, 0.1) is 0 Å². The third-order valence-corrected chi connectivity index (χ3v) is 2.98. The fourth-order valence-electron chi connectivity index (χ4n) is 2.13. The Labute approximate surface area is 125 Å². The van der Waals surface area contributed by atoms with Crippen molar-refractivity contribution in [3.8, 4) is 11.3 Å². The van der Waals surface area contributed by atoms with Gasteiger partial charge in [-0.3, -0.25) is 4.79 Å². The summed E-state index contributed by atoms with van der Waals surface area (Å²) in [5, 5.41) is 0. The third-order valence-electron chi connectivity index (χ3n) is 2.98. The van der Waals surface area contributed by atoms with Gasteiger partial charge in [0.05, 0.1) is 18.2 Å². The highest BCUT2D eigenvalue weighted by molar-refractivity contribution is 5.69. The Morgan fingerprint density at radius 2 is 1.95 bits per heavy atom. The van der Waals surface area contributed by atoms with Crippen LogP contribution in [0.5, 0.6) is 0 Å². The summed E-state index contributed by atoms with van der Waals surface area (Å²) < 4.78 is 7.38. The average molecular weight is 286 g/mol. The minimum absolute atomic E-state index is 0.149. The van der Waals surface area contributed by atoms with Gasteiger partial charge < -0.3 is 9.30 Å². The van der Waals surface area contributed by atoms with E-state index in [2.05, 4.69) is 21.7 Å². The molecule has 1 aromatic carbocycles. The maximum absolute atomic E-state index is 11.7. The van der Waals surface area contributed by atoms with Crippen molar-refractivity contribution in [3.05, 3.63) is 42.9 Å². The van der Waals surface area contributed by atoms with Crippen LogP contribution >= 0.6 is 0 Å². The first-order chi connectivity index (χ1) is 9.96. The molecule has 0 spiro atoms. The molecule has 0 unspecified atom stereocenters. The Morgan fingerprint density at radius 1 is 1.24 bits per heavy atom. The number of hydrogen-bond acceptors (Lipinski definition) is 3. The summed E-state index contributed by atoms with van der Waals surface area (Å²) in [6, 6.07) is 10.1. The number of ether oxygens (including phenoxy) is 1. The smallest absolute Gasteiger partial charge is 0.306 e. The molecule has 112 valence electrons. The minimum atomic E-state index is -0.415. The Bertz CT molecular complexity index is 582. The zero-order valence-corrected chi connectivity index (χ0v) is 12.9. The second-order valence-corrected chi connectivity index (χ2v) is 6.03. The van der Waals surface area contributed by atoms with Crippen LogP contribution in [0.2, 0.25) is 0 Å². The number of carbonyl (C=O) groups is 1. The maximum Gasteiger partial charge on any atom is 0.306 e. The average Bonchev–Trinajstić information content (AvgIpc) is 2.86. The van der Waals surface area contributed by atoms with Crippen LogP contribution in [0.4, 0.5) is 0 Å². The Kier molecular flexibility index (Phi) is 4.78. The second-order valence-electron chi connectivity index (χ2n) is 6.03. The monoisotopic (exact) mass is 286 g/mol. The van der Waals surface area contributed by atoms with E-state index >= 15 is 0 Å². The molecule has 2 aromatic rings. The maximum atomic E-state index is 11.7. The lowest BCUT2D eigenvalue weighted by atomic mass is 10.1. The van der Waals surface area contributed by atoms with E-state index in [1.165, 1.54) is 0 Å². The summed E-state index contributed by atoms with van der Waals surface area (Å²) in [5.41, 5.74) is 1.79. The Morgan fingerprint density at radius 3 is 2.62 bits per heavy atom. The van der Waals surface area contributed by atoms with Crippen molar-refractivity contribution in [3.63, 3.8) is 0 Å². The van der Waals surface area contributed by atoms with Crippen molar-refractivity contribution in [2.24, 2.45) is 0 Å². The molecule has 0 fully saturated rings. The molecule has 4 nitrogen and oxygen atoms in total. The van der Waals surface area contributed by atoms with E-state index in [0.717, 1.165) is 24.2 Å². The lowest BCUT2D eigenvalue weighted by molar-refractivity contribution is -0.154. The fourth-order valence-corrected chi connectivity index (χ4v) is 2.13. The van der Waals surface area contributed by atoms with Crippen molar-refractivity contribution < 1.29 is 9.53 Å². The van der Waals surface area contributed by atoms with Gasteiger partial charge in [0.1, 0.15) is 5.60 Å². The van der Waals surface area contributed by atoms with E-state index in [1.54, 1.807) is 6.33 Å². The number of benzene rings is 1. The molecule has 0 aliphatic carbocycles. The molecule has 0 N–H and O–H groups in total. The van der Waals surface area contributed by atoms with Crippen LogP contribution in [0.15, 0.2) is 42.9 Å². The zero-order chi connectivity index (χ0) is 15.3. The standard InChI is InChI=1S/C17H22N2O2/c1-17(2,3)21-16(20)10-7-11-19-13-18-12-15(19)14-8-5-4-6-9-14/h4-6,8-9,12-13H,7,10-11H2,1-3H3. The Balaban J connectivity index is 1.91. The van der Waals surface area contributed by atoms with Gasteiger partial charge in [0, 0.05) is 13.0 Å². The highest BCUT2D eigenvalue weighted by Crippen LogP contribution is 2.19. The van der Waals surface area contributed by atoms with Crippen molar-refractivity contribution >= 4 is 5.97 Å². The van der Waals surface area contributed by atoms with Crippen molar-refractivity contribution in [2.45, 2.75) is 45.8 Å². The predicted octanol–water partition coefficient (Wildman–Crippen LogP) is 3.67. The number of nitrogens with zero attached hydrogens (tertiary/aromatic N) is 2. The number of carbonyl (C=O) groups excluding carboxylic acids is 1. The number of rotatable bonds is 5. The molecule has 0 aliphatic heterocycles. The first kappa shape index (κ1) is 15.3. The number of esters is 1. The topological polar surface area (TPSA) is 44.1 Å². The molecule has 1 aromatic heterocycles. The van der Waals surface area contributed by atoms with Crippen LogP contribution in [-0.4, -0.2) is 21.1 Å². The molecule has 0 radical (unpaired) electrons. The molecule has 0 bridgehead atoms. The van der Waals surface area contributed by atoms with Gasteiger partial charge in [-0.2, -0.15) is 0 Å². The SMILES string of the molecule is CC(C)(C)OC(=O)CCCn1cncc1-c1ccccc1. The van der Waals surface area contributed by atoms with E-state index in [9.17, 15) is 4.79 Å². The van der Waals surface area contributed by atoms with Gasteiger partial charge in [-0.1, -0.05) is 30.3 Å². The zero-order valence-electron chi connectivity index (χ0n) is 12.9. The van der Waals surface area contributed by atoms with Crippen molar-refractivity contribution in [1.82, 2.24) is 9.55 Å². The molecule has 2 rings (SSSR count). The minimum Gasteiger partial charge on any atom is -0.460 e. The number of imidazole rings is 1. The van der Waals surface area contributed by atoms with Crippen LogP contribution in [0.1, 0.15) is 33.6 Å². The molecule has 4 heteroatoms. The number of aryl methyl sites for hydroxylation is 1. The van der Waals surface area contributed by atoms with Crippen molar-refractivity contribution in [1.29, 1.82) is 0 Å². The number of hydrogen-bond donors (Lipinski definition) is 0. The van der Waals surface area contributed by atoms with Gasteiger partial charge >= 0.3 is 5.97 Å². The molecule has 0 saturated heterocycles. The van der Waals surface area contributed by atoms with E-state index in [1.807, 2.05) is 45.2 Å². The third kappa shape index (κ3) is 4.74. The number of aromatic nitrogens is 2. The molecule has 0 aliphatic rings. The van der Waals surface area contributed by atoms with Crippen LogP contribution in [-0.2, 0) is 16.1 Å². The first-order valence-corrected chi connectivity index (χ1v) is 7.23. The van der Waals surface area contributed by atoms with Crippen LogP contribution in [0.3, 0.4) is 0 Å². The van der Waals surface area contributed by atoms with Crippen LogP contribution < -0.4 is 0 Å². The van der Waals surface area contributed by atoms with Gasteiger partial charge in [-0.05, 0) is 32.8 Å².